The molecule has 0 rings (SSSR count). The number of Topliss-reactive ketones (excluding diaryl/α,β-unsaturated/α-hetero) is 1. The van der Waals surface area contributed by atoms with Crippen molar-refractivity contribution in [2.24, 2.45) is 0 Å². The molecule has 4 unspecified atom stereocenters. The normalized spacial score (nSPS) is 19.9. The SMILES string of the molecule is O=C(COP(=O)(O)OP(=O)(O)O)C(O)C(O)C(O)CO. The average Bonchev–Trinajstić information content (AvgIpc) is 2.30. The number of carbonyl (C=O) groups is 1. The second kappa shape index (κ2) is 7.69. The van der Waals surface area contributed by atoms with Crippen molar-refractivity contribution in [3.63, 3.8) is 0 Å². The zero-order valence-corrected chi connectivity index (χ0v) is 11.5. The number of phosphoric acid groups is 2. The Kier molecular flexibility index (Phi) is 7.60. The third-order valence-electron chi connectivity index (χ3n) is 1.81. The van der Waals surface area contributed by atoms with E-state index >= 15 is 0 Å². The van der Waals surface area contributed by atoms with E-state index in [2.05, 4.69) is 8.83 Å². The minimum Gasteiger partial charge on any atom is -0.394 e. The van der Waals surface area contributed by atoms with Gasteiger partial charge in [0.15, 0.2) is 5.78 Å². The van der Waals surface area contributed by atoms with Crippen molar-refractivity contribution in [3.8, 4) is 0 Å². The standard InChI is InChI=1S/C6H14O12P2/c7-1-3(8)5(10)6(11)4(9)2-17-20(15,16)18-19(12,13)14/h3,5-8,10-11H,1-2H2,(H,15,16)(H2,12,13,14). The van der Waals surface area contributed by atoms with Crippen molar-refractivity contribution in [3.05, 3.63) is 0 Å². The van der Waals surface area contributed by atoms with Gasteiger partial charge in [-0.25, -0.2) is 9.13 Å². The molecule has 0 bridgehead atoms. The molecule has 0 aliphatic heterocycles. The topological polar surface area (TPSA) is 211 Å². The lowest BCUT2D eigenvalue weighted by molar-refractivity contribution is -0.142. The molecule has 0 aliphatic carbocycles. The molecule has 0 heterocycles. The van der Waals surface area contributed by atoms with E-state index < -0.39 is 53.0 Å². The number of aliphatic hydroxyl groups excluding tert-OH is 4. The summed E-state index contributed by atoms with van der Waals surface area (Å²) in [5, 5.41) is 35.8. The Balaban J connectivity index is 4.49. The number of hydrogen-bond donors (Lipinski definition) is 7. The Morgan fingerprint density at radius 1 is 1.10 bits per heavy atom. The van der Waals surface area contributed by atoms with Gasteiger partial charge in [-0.2, -0.15) is 4.31 Å². The van der Waals surface area contributed by atoms with Crippen molar-refractivity contribution in [2.75, 3.05) is 13.2 Å². The van der Waals surface area contributed by atoms with Crippen LogP contribution < -0.4 is 0 Å². The maximum Gasteiger partial charge on any atom is 0.481 e. The number of carbonyl (C=O) groups excluding carboxylic acids is 1. The van der Waals surface area contributed by atoms with Crippen LogP contribution >= 0.6 is 15.6 Å². The van der Waals surface area contributed by atoms with Gasteiger partial charge in [0.05, 0.1) is 6.61 Å². The molecule has 0 spiro atoms. The highest BCUT2D eigenvalue weighted by atomic mass is 31.3. The quantitative estimate of drug-likeness (QED) is 0.207. The zero-order chi connectivity index (χ0) is 16.1. The first-order chi connectivity index (χ1) is 8.89. The molecular weight excluding hydrogens is 326 g/mol. The van der Waals surface area contributed by atoms with Gasteiger partial charge in [0.25, 0.3) is 0 Å². The molecule has 0 radical (unpaired) electrons. The van der Waals surface area contributed by atoms with Crippen molar-refractivity contribution in [1.82, 2.24) is 0 Å². The number of ketones is 1. The van der Waals surface area contributed by atoms with Gasteiger partial charge in [0.1, 0.15) is 24.9 Å². The van der Waals surface area contributed by atoms with Gasteiger partial charge in [-0.3, -0.25) is 9.32 Å². The average molecular weight is 340 g/mol. The van der Waals surface area contributed by atoms with Crippen LogP contribution in [0.15, 0.2) is 0 Å². The van der Waals surface area contributed by atoms with E-state index in [1.54, 1.807) is 0 Å². The van der Waals surface area contributed by atoms with Crippen molar-refractivity contribution in [1.29, 1.82) is 0 Å². The summed E-state index contributed by atoms with van der Waals surface area (Å²) in [7, 11) is -10.6. The fourth-order valence-electron chi connectivity index (χ4n) is 0.897. The summed E-state index contributed by atoms with van der Waals surface area (Å²) in [6.45, 7) is -2.31. The van der Waals surface area contributed by atoms with Crippen LogP contribution in [0.3, 0.4) is 0 Å². The lowest BCUT2D eigenvalue weighted by atomic mass is 10.1. The molecule has 0 aromatic heterocycles. The third kappa shape index (κ3) is 7.53. The number of rotatable bonds is 9. The summed E-state index contributed by atoms with van der Waals surface area (Å²) in [5.41, 5.74) is 0. The second-order valence-corrected chi connectivity index (χ2v) is 6.30. The number of hydrogen-bond acceptors (Lipinski definition) is 9. The van der Waals surface area contributed by atoms with Crippen LogP contribution in [0.5, 0.6) is 0 Å². The zero-order valence-electron chi connectivity index (χ0n) is 9.71. The molecule has 0 aromatic carbocycles. The van der Waals surface area contributed by atoms with Crippen molar-refractivity contribution >= 4 is 21.4 Å². The molecule has 0 aliphatic rings. The Labute approximate surface area is 112 Å². The summed E-state index contributed by atoms with van der Waals surface area (Å²) >= 11 is 0. The fourth-order valence-corrected chi connectivity index (χ4v) is 2.45. The highest BCUT2D eigenvalue weighted by Gasteiger charge is 2.35. The summed E-state index contributed by atoms with van der Waals surface area (Å²) in [4.78, 5) is 36.5. The van der Waals surface area contributed by atoms with Crippen LogP contribution in [0.1, 0.15) is 0 Å². The predicted octanol–water partition coefficient (Wildman–Crippen LogP) is -3.14. The molecule has 0 saturated heterocycles. The second-order valence-electron chi connectivity index (χ2n) is 3.47. The maximum atomic E-state index is 11.2. The van der Waals surface area contributed by atoms with Crippen LogP contribution in [0.4, 0.5) is 0 Å². The lowest BCUT2D eigenvalue weighted by Crippen LogP contribution is -2.45. The first-order valence-corrected chi connectivity index (χ1v) is 7.84. The maximum absolute atomic E-state index is 11.2. The smallest absolute Gasteiger partial charge is 0.394 e. The van der Waals surface area contributed by atoms with Gasteiger partial charge in [-0.1, -0.05) is 0 Å². The largest absolute Gasteiger partial charge is 0.481 e. The molecule has 0 fully saturated rings. The number of phosphoric ester groups is 1. The molecule has 12 nitrogen and oxygen atoms in total. The van der Waals surface area contributed by atoms with E-state index in [-0.39, 0.29) is 0 Å². The molecule has 20 heavy (non-hydrogen) atoms. The van der Waals surface area contributed by atoms with Crippen LogP contribution in [0.2, 0.25) is 0 Å². The van der Waals surface area contributed by atoms with Gasteiger partial charge >= 0.3 is 15.6 Å². The minimum atomic E-state index is -5.34. The van der Waals surface area contributed by atoms with E-state index in [4.69, 9.17) is 30.0 Å². The highest BCUT2D eigenvalue weighted by molar-refractivity contribution is 7.60. The lowest BCUT2D eigenvalue weighted by Gasteiger charge is -2.20. The summed E-state index contributed by atoms with van der Waals surface area (Å²) < 4.78 is 28.5. The summed E-state index contributed by atoms with van der Waals surface area (Å²) in [5.74, 6) is -1.39. The minimum absolute atomic E-state index is 0.966. The fraction of sp³-hybridized carbons (Fsp3) is 0.833. The third-order valence-corrected chi connectivity index (χ3v) is 3.95. The molecule has 0 amide bonds. The van der Waals surface area contributed by atoms with Gasteiger partial charge in [-0.15, -0.1) is 0 Å². The summed E-state index contributed by atoms with van der Waals surface area (Å²) in [6, 6.07) is 0. The molecule has 0 saturated carbocycles. The molecule has 0 aromatic rings. The Hall–Kier alpha value is -0.230. The van der Waals surface area contributed by atoms with Crippen LogP contribution in [0, 0.1) is 0 Å². The molecular formula is C6H14O12P2. The van der Waals surface area contributed by atoms with E-state index in [0.29, 0.717) is 0 Å². The van der Waals surface area contributed by atoms with E-state index in [0.717, 1.165) is 0 Å². The van der Waals surface area contributed by atoms with Crippen LogP contribution in [-0.4, -0.2) is 72.4 Å². The van der Waals surface area contributed by atoms with E-state index in [1.807, 2.05) is 0 Å². The van der Waals surface area contributed by atoms with Gasteiger partial charge < -0.3 is 35.1 Å². The monoisotopic (exact) mass is 340 g/mol. The first-order valence-electron chi connectivity index (χ1n) is 4.81. The van der Waals surface area contributed by atoms with Gasteiger partial charge in [0.2, 0.25) is 0 Å². The van der Waals surface area contributed by atoms with E-state index in [1.165, 1.54) is 0 Å². The molecule has 7 N–H and O–H groups in total. The van der Waals surface area contributed by atoms with Gasteiger partial charge in [0, 0.05) is 0 Å². The first kappa shape index (κ1) is 19.8. The van der Waals surface area contributed by atoms with Crippen molar-refractivity contribution < 1.29 is 57.9 Å². The molecule has 14 heteroatoms. The predicted molar refractivity (Wildman–Crippen MR) is 59.0 cm³/mol. The molecule has 4 atom stereocenters. The molecule has 120 valence electrons. The Morgan fingerprint density at radius 2 is 1.60 bits per heavy atom. The van der Waals surface area contributed by atoms with E-state index in [9.17, 15) is 19.0 Å². The Bertz CT molecular complexity index is 416. The number of aliphatic hydroxyl groups is 4. The van der Waals surface area contributed by atoms with Gasteiger partial charge in [-0.05, 0) is 0 Å². The highest BCUT2D eigenvalue weighted by Crippen LogP contribution is 2.57. The Morgan fingerprint density at radius 3 is 2.00 bits per heavy atom. The van der Waals surface area contributed by atoms with Crippen LogP contribution in [-0.2, 0) is 22.8 Å². The van der Waals surface area contributed by atoms with Crippen LogP contribution in [0.25, 0.3) is 0 Å². The van der Waals surface area contributed by atoms with Crippen molar-refractivity contribution in [2.45, 2.75) is 18.3 Å². The summed E-state index contributed by atoms with van der Waals surface area (Å²) in [6.07, 6.45) is -6.19.